The van der Waals surface area contributed by atoms with Crippen molar-refractivity contribution in [1.82, 2.24) is 9.07 Å². The first-order valence-corrected chi connectivity index (χ1v) is 2.58. The first kappa shape index (κ1) is 5.72. The number of anilines is 1. The Bertz CT molecular complexity index is 175. The fourth-order valence-electron chi connectivity index (χ4n) is 0.353. The molecule has 3 nitrogen and oxygen atoms in total. The highest BCUT2D eigenvalue weighted by Gasteiger charge is 1.97. The van der Waals surface area contributed by atoms with E-state index < -0.39 is 0 Å². The second-order valence-corrected chi connectivity index (χ2v) is 1.95. The van der Waals surface area contributed by atoms with Crippen molar-refractivity contribution in [2.75, 3.05) is 5.73 Å². The number of nitrogen functional groups attached to an aromatic ring is 1. The monoisotopic (exact) mass is 151 g/mol. The lowest BCUT2D eigenvalue weighted by Gasteiger charge is -1.79. The molecule has 0 unspecified atom stereocenters. The van der Waals surface area contributed by atoms with Gasteiger partial charge in [0.1, 0.15) is 5.82 Å². The fourth-order valence-corrected chi connectivity index (χ4v) is 0.637. The summed E-state index contributed by atoms with van der Waals surface area (Å²) >= 11 is 10.7. The maximum Gasteiger partial charge on any atom is 0.219 e. The van der Waals surface area contributed by atoms with Crippen molar-refractivity contribution in [2.45, 2.75) is 0 Å². The molecule has 0 bridgehead atoms. The Morgan fingerprint density at radius 1 is 1.75 bits per heavy atom. The van der Waals surface area contributed by atoms with Gasteiger partial charge in [0.2, 0.25) is 5.28 Å². The zero-order valence-electron chi connectivity index (χ0n) is 3.81. The van der Waals surface area contributed by atoms with Crippen molar-refractivity contribution in [2.24, 2.45) is 0 Å². The lowest BCUT2D eigenvalue weighted by atomic mass is 10.8. The Kier molecular flexibility index (Phi) is 1.31. The quantitative estimate of drug-likeness (QED) is 0.605. The lowest BCUT2D eigenvalue weighted by Crippen LogP contribution is -1.80. The largest absolute Gasteiger partial charge is 0.382 e. The van der Waals surface area contributed by atoms with Gasteiger partial charge in [-0.1, -0.05) is 0 Å². The summed E-state index contributed by atoms with van der Waals surface area (Å²) in [7, 11) is 0. The molecule has 0 fully saturated rings. The van der Waals surface area contributed by atoms with Crippen LogP contribution in [0.4, 0.5) is 5.82 Å². The lowest BCUT2D eigenvalue weighted by molar-refractivity contribution is 1.21. The molecule has 0 saturated carbocycles. The molecule has 5 heteroatoms. The van der Waals surface area contributed by atoms with Gasteiger partial charge in [-0.25, -0.2) is 4.09 Å². The van der Waals surface area contributed by atoms with Gasteiger partial charge < -0.3 is 5.73 Å². The van der Waals surface area contributed by atoms with E-state index in [2.05, 4.69) is 4.98 Å². The minimum Gasteiger partial charge on any atom is -0.382 e. The molecular formula is C3H3Cl2N3. The summed E-state index contributed by atoms with van der Waals surface area (Å²) in [4.78, 5) is 3.58. The Hall–Kier alpha value is -0.410. The molecule has 0 aromatic carbocycles. The van der Waals surface area contributed by atoms with Gasteiger partial charge in [-0.15, -0.1) is 0 Å². The molecule has 1 rings (SSSR count). The highest BCUT2D eigenvalue weighted by atomic mass is 35.5. The van der Waals surface area contributed by atoms with E-state index in [1.54, 1.807) is 0 Å². The summed E-state index contributed by atoms with van der Waals surface area (Å²) in [5.74, 6) is 0.324. The van der Waals surface area contributed by atoms with E-state index in [0.29, 0.717) is 5.82 Å². The van der Waals surface area contributed by atoms with Crippen LogP contribution in [-0.4, -0.2) is 9.07 Å². The van der Waals surface area contributed by atoms with Gasteiger partial charge >= 0.3 is 0 Å². The second-order valence-electron chi connectivity index (χ2n) is 1.25. The smallest absolute Gasteiger partial charge is 0.219 e. The van der Waals surface area contributed by atoms with Gasteiger partial charge in [0.15, 0.2) is 0 Å². The molecule has 1 aromatic rings. The summed E-state index contributed by atoms with van der Waals surface area (Å²) in [6, 6.07) is 0. The number of hydrogen-bond donors (Lipinski definition) is 1. The average molecular weight is 152 g/mol. The Balaban J connectivity index is 3.14. The number of rotatable bonds is 0. The Morgan fingerprint density at radius 2 is 2.38 bits per heavy atom. The van der Waals surface area contributed by atoms with E-state index in [9.17, 15) is 0 Å². The zero-order valence-corrected chi connectivity index (χ0v) is 5.32. The Labute approximate surface area is 56.1 Å². The molecule has 0 aliphatic heterocycles. The van der Waals surface area contributed by atoms with Crippen molar-refractivity contribution in [3.63, 3.8) is 0 Å². The molecule has 0 saturated heterocycles. The molecule has 0 spiro atoms. The normalized spacial score (nSPS) is 9.75. The Morgan fingerprint density at radius 3 is 2.50 bits per heavy atom. The summed E-state index contributed by atoms with van der Waals surface area (Å²) < 4.78 is 1.12. The van der Waals surface area contributed by atoms with Gasteiger partial charge in [0, 0.05) is 11.8 Å². The number of imidazole rings is 1. The topological polar surface area (TPSA) is 43.8 Å². The summed E-state index contributed by atoms with van der Waals surface area (Å²) in [6.07, 6.45) is 1.42. The van der Waals surface area contributed by atoms with Crippen LogP contribution in [0.25, 0.3) is 0 Å². The molecule has 0 atom stereocenters. The number of aromatic nitrogens is 2. The summed E-state index contributed by atoms with van der Waals surface area (Å²) in [5, 5.41) is 0.184. The SMILES string of the molecule is Nc1cn(Cl)c(Cl)n1. The first-order valence-electron chi connectivity index (χ1n) is 1.86. The summed E-state index contributed by atoms with van der Waals surface area (Å²) in [5.41, 5.74) is 5.18. The third-order valence-electron chi connectivity index (χ3n) is 0.643. The van der Waals surface area contributed by atoms with Gasteiger partial charge in [0.25, 0.3) is 0 Å². The highest BCUT2D eigenvalue weighted by molar-refractivity contribution is 6.32. The van der Waals surface area contributed by atoms with Crippen molar-refractivity contribution < 1.29 is 0 Å². The number of nitrogens with two attached hydrogens (primary N) is 1. The molecule has 8 heavy (non-hydrogen) atoms. The van der Waals surface area contributed by atoms with Crippen molar-refractivity contribution in [1.29, 1.82) is 0 Å². The van der Waals surface area contributed by atoms with Crippen molar-refractivity contribution in [3.05, 3.63) is 11.5 Å². The first-order chi connectivity index (χ1) is 3.70. The van der Waals surface area contributed by atoms with Gasteiger partial charge in [-0.2, -0.15) is 4.98 Å². The maximum absolute atomic E-state index is 5.37. The van der Waals surface area contributed by atoms with Crippen LogP contribution in [0, 0.1) is 0 Å². The molecule has 2 N–H and O–H groups in total. The van der Waals surface area contributed by atoms with E-state index in [-0.39, 0.29) is 5.28 Å². The maximum atomic E-state index is 5.37. The molecule has 44 valence electrons. The third kappa shape index (κ3) is 0.877. The van der Waals surface area contributed by atoms with Crippen LogP contribution in [-0.2, 0) is 0 Å². The molecule has 0 amide bonds. The van der Waals surface area contributed by atoms with Gasteiger partial charge in [-0.05, 0) is 11.6 Å². The molecule has 1 heterocycles. The van der Waals surface area contributed by atoms with E-state index in [0.717, 1.165) is 4.09 Å². The minimum absolute atomic E-state index is 0.184. The van der Waals surface area contributed by atoms with Gasteiger partial charge in [-0.3, -0.25) is 0 Å². The van der Waals surface area contributed by atoms with Crippen molar-refractivity contribution >= 4 is 29.2 Å². The van der Waals surface area contributed by atoms with Crippen LogP contribution < -0.4 is 5.73 Å². The standard InChI is InChI=1S/C3H3Cl2N3/c4-3-7-2(6)1-8(3)5/h1H,6H2. The molecule has 0 aliphatic carbocycles. The molecular weight excluding hydrogens is 149 g/mol. The van der Waals surface area contributed by atoms with Crippen LogP contribution in [0.15, 0.2) is 6.20 Å². The van der Waals surface area contributed by atoms with Crippen LogP contribution in [0.3, 0.4) is 0 Å². The second kappa shape index (κ2) is 1.84. The van der Waals surface area contributed by atoms with Crippen molar-refractivity contribution in [3.8, 4) is 0 Å². The van der Waals surface area contributed by atoms with Crippen LogP contribution >= 0.6 is 23.4 Å². The third-order valence-corrected chi connectivity index (χ3v) is 1.25. The summed E-state index contributed by atoms with van der Waals surface area (Å²) in [6.45, 7) is 0. The molecule has 0 radical (unpaired) electrons. The number of nitrogens with zero attached hydrogens (tertiary/aromatic N) is 2. The number of halogens is 2. The predicted molar refractivity (Wildman–Crippen MR) is 32.9 cm³/mol. The fraction of sp³-hybridized carbons (Fsp3) is 0. The van der Waals surface area contributed by atoms with Crippen LogP contribution in [0.1, 0.15) is 0 Å². The van der Waals surface area contributed by atoms with Gasteiger partial charge in [0.05, 0.1) is 6.20 Å². The minimum atomic E-state index is 0.184. The van der Waals surface area contributed by atoms with Crippen LogP contribution in [0.2, 0.25) is 5.28 Å². The average Bonchev–Trinajstić information content (AvgIpc) is 1.85. The molecule has 0 aliphatic rings. The predicted octanol–water partition coefficient (Wildman–Crippen LogP) is 1.12. The number of hydrogen-bond acceptors (Lipinski definition) is 2. The highest BCUT2D eigenvalue weighted by Crippen LogP contribution is 2.10. The van der Waals surface area contributed by atoms with E-state index >= 15 is 0 Å². The van der Waals surface area contributed by atoms with E-state index in [4.69, 9.17) is 29.1 Å². The molecule has 1 aromatic heterocycles. The van der Waals surface area contributed by atoms with E-state index in [1.807, 2.05) is 0 Å². The zero-order chi connectivity index (χ0) is 6.15. The van der Waals surface area contributed by atoms with Crippen LogP contribution in [0.5, 0.6) is 0 Å². The van der Waals surface area contributed by atoms with E-state index in [1.165, 1.54) is 6.20 Å².